The van der Waals surface area contributed by atoms with Crippen molar-refractivity contribution in [2.75, 3.05) is 7.11 Å². The number of nitrogens with one attached hydrogen (secondary N) is 2. The van der Waals surface area contributed by atoms with Crippen LogP contribution in [0, 0.1) is 3.57 Å². The Balaban J connectivity index is 1.83. The fourth-order valence-electron chi connectivity index (χ4n) is 2.35. The monoisotopic (exact) mass is 484 g/mol. The van der Waals surface area contributed by atoms with Crippen LogP contribution in [0.15, 0.2) is 42.1 Å². The molecule has 134 valence electrons. The summed E-state index contributed by atoms with van der Waals surface area (Å²) in [6.45, 7) is 0.339. The molecule has 0 saturated carbocycles. The molecule has 0 aliphatic carbocycles. The first-order valence-corrected chi connectivity index (χ1v) is 9.01. The van der Waals surface area contributed by atoms with E-state index in [0.717, 1.165) is 9.13 Å². The van der Waals surface area contributed by atoms with Crippen LogP contribution < -0.4 is 20.1 Å². The van der Waals surface area contributed by atoms with E-state index < -0.39 is 11.9 Å². The van der Waals surface area contributed by atoms with Gasteiger partial charge in [0, 0.05) is 3.57 Å². The Morgan fingerprint density at radius 2 is 1.88 bits per heavy atom. The molecule has 1 saturated heterocycles. The Morgan fingerprint density at radius 3 is 2.50 bits per heavy atom. The van der Waals surface area contributed by atoms with Gasteiger partial charge in [0.2, 0.25) is 0 Å². The number of hydrogen-bond acceptors (Lipinski definition) is 4. The van der Waals surface area contributed by atoms with Crippen LogP contribution >= 0.6 is 34.2 Å². The molecule has 0 radical (unpaired) electrons. The van der Waals surface area contributed by atoms with Gasteiger partial charge in [-0.3, -0.25) is 10.1 Å². The highest BCUT2D eigenvalue weighted by molar-refractivity contribution is 14.1. The summed E-state index contributed by atoms with van der Waals surface area (Å²) in [6, 6.07) is 10.7. The number of amides is 3. The van der Waals surface area contributed by atoms with E-state index in [-0.39, 0.29) is 5.70 Å². The lowest BCUT2D eigenvalue weighted by molar-refractivity contribution is -0.115. The summed E-state index contributed by atoms with van der Waals surface area (Å²) in [4.78, 5) is 22.8. The summed E-state index contributed by atoms with van der Waals surface area (Å²) in [5.74, 6) is 0.346. The summed E-state index contributed by atoms with van der Waals surface area (Å²) in [5, 5.41) is 4.90. The van der Waals surface area contributed by atoms with E-state index in [1.807, 2.05) is 24.3 Å². The van der Waals surface area contributed by atoms with Crippen LogP contribution in [0.25, 0.3) is 6.08 Å². The van der Waals surface area contributed by atoms with Crippen molar-refractivity contribution in [1.29, 1.82) is 0 Å². The first-order chi connectivity index (χ1) is 12.5. The zero-order chi connectivity index (χ0) is 18.7. The smallest absolute Gasteiger partial charge is 0.326 e. The molecule has 26 heavy (non-hydrogen) atoms. The van der Waals surface area contributed by atoms with Gasteiger partial charge in [-0.2, -0.15) is 0 Å². The van der Waals surface area contributed by atoms with Crippen LogP contribution in [-0.2, 0) is 11.4 Å². The van der Waals surface area contributed by atoms with Crippen molar-refractivity contribution < 1.29 is 19.1 Å². The lowest BCUT2D eigenvalue weighted by atomic mass is 10.1. The highest BCUT2D eigenvalue weighted by atomic mass is 127. The van der Waals surface area contributed by atoms with Crippen LogP contribution in [0.5, 0.6) is 11.5 Å². The van der Waals surface area contributed by atoms with Crippen molar-refractivity contribution >= 4 is 52.2 Å². The predicted molar refractivity (Wildman–Crippen MR) is 106 cm³/mol. The van der Waals surface area contributed by atoms with Crippen molar-refractivity contribution in [1.82, 2.24) is 10.6 Å². The van der Waals surface area contributed by atoms with E-state index in [9.17, 15) is 9.59 Å². The van der Waals surface area contributed by atoms with Crippen molar-refractivity contribution in [2.45, 2.75) is 6.61 Å². The van der Waals surface area contributed by atoms with Crippen LogP contribution in [0.1, 0.15) is 11.1 Å². The van der Waals surface area contributed by atoms with E-state index in [2.05, 4.69) is 33.2 Å². The van der Waals surface area contributed by atoms with Crippen molar-refractivity contribution in [3.8, 4) is 11.5 Å². The fourth-order valence-corrected chi connectivity index (χ4v) is 2.98. The molecule has 0 atom stereocenters. The fraction of sp³-hybridized carbons (Fsp3) is 0.111. The number of hydrogen-bond donors (Lipinski definition) is 2. The van der Waals surface area contributed by atoms with E-state index in [1.54, 1.807) is 12.1 Å². The number of rotatable bonds is 5. The molecule has 1 aliphatic heterocycles. The molecule has 3 amide bonds. The molecule has 6 nitrogen and oxygen atoms in total. The van der Waals surface area contributed by atoms with Gasteiger partial charge in [-0.15, -0.1) is 0 Å². The second-order valence-corrected chi connectivity index (χ2v) is 7.07. The molecule has 0 unspecified atom stereocenters. The SMILES string of the molecule is COc1cc(/C=C2/NC(=O)NC2=O)cc(Cl)c1OCc1ccc(I)cc1. The standard InChI is InChI=1S/C18H14ClIN2O4/c1-25-15-8-11(7-14-17(23)22-18(24)21-14)6-13(19)16(15)26-9-10-2-4-12(20)5-3-10/h2-8H,9H2,1H3,(H2,21,22,23,24)/b14-7+. The number of carbonyl (C=O) groups excluding carboxylic acids is 2. The number of methoxy groups -OCH3 is 1. The second kappa shape index (κ2) is 7.96. The lowest BCUT2D eigenvalue weighted by Crippen LogP contribution is -2.22. The largest absolute Gasteiger partial charge is 0.493 e. The normalized spacial score (nSPS) is 15.0. The number of imide groups is 1. The average molecular weight is 485 g/mol. The van der Waals surface area contributed by atoms with Gasteiger partial charge in [-0.1, -0.05) is 23.7 Å². The lowest BCUT2D eigenvalue weighted by Gasteiger charge is -2.13. The van der Waals surface area contributed by atoms with Crippen LogP contribution in [0.4, 0.5) is 4.79 Å². The summed E-state index contributed by atoms with van der Waals surface area (Å²) >= 11 is 8.57. The van der Waals surface area contributed by atoms with Gasteiger partial charge in [-0.25, -0.2) is 4.79 Å². The first-order valence-electron chi connectivity index (χ1n) is 7.55. The minimum Gasteiger partial charge on any atom is -0.493 e. The molecule has 8 heteroatoms. The molecule has 1 fully saturated rings. The summed E-state index contributed by atoms with van der Waals surface area (Å²) in [7, 11) is 1.50. The average Bonchev–Trinajstić information content (AvgIpc) is 2.92. The van der Waals surface area contributed by atoms with Gasteiger partial charge in [0.15, 0.2) is 11.5 Å². The molecule has 3 rings (SSSR count). The third-order valence-electron chi connectivity index (χ3n) is 3.58. The maximum absolute atomic E-state index is 11.6. The minimum atomic E-state index is -0.559. The van der Waals surface area contributed by atoms with Gasteiger partial charge in [0.1, 0.15) is 12.3 Å². The Labute approximate surface area is 168 Å². The molecule has 2 aromatic carbocycles. The van der Waals surface area contributed by atoms with Crippen molar-refractivity contribution in [3.05, 3.63) is 61.8 Å². The summed E-state index contributed by atoms with van der Waals surface area (Å²) in [6.07, 6.45) is 1.51. The molecule has 0 spiro atoms. The van der Waals surface area contributed by atoms with Crippen LogP contribution in [0.3, 0.4) is 0 Å². The highest BCUT2D eigenvalue weighted by Crippen LogP contribution is 2.37. The minimum absolute atomic E-state index is 0.140. The topological polar surface area (TPSA) is 76.7 Å². The number of urea groups is 1. The number of ether oxygens (including phenoxy) is 2. The molecule has 0 aromatic heterocycles. The maximum Gasteiger partial charge on any atom is 0.326 e. The quantitative estimate of drug-likeness (QED) is 0.385. The number of halogens is 2. The molecule has 2 aromatic rings. The van der Waals surface area contributed by atoms with Gasteiger partial charge in [-0.05, 0) is 64.1 Å². The van der Waals surface area contributed by atoms with Gasteiger partial charge < -0.3 is 14.8 Å². The zero-order valence-electron chi connectivity index (χ0n) is 13.6. The van der Waals surface area contributed by atoms with E-state index >= 15 is 0 Å². The molecular weight excluding hydrogens is 471 g/mol. The number of carbonyl (C=O) groups is 2. The van der Waals surface area contributed by atoms with Gasteiger partial charge in [0.25, 0.3) is 5.91 Å². The van der Waals surface area contributed by atoms with Crippen LogP contribution in [-0.4, -0.2) is 19.0 Å². The van der Waals surface area contributed by atoms with Gasteiger partial charge in [0.05, 0.1) is 12.1 Å². The molecule has 2 N–H and O–H groups in total. The Bertz CT molecular complexity index is 897. The molecule has 0 bridgehead atoms. The van der Waals surface area contributed by atoms with Crippen molar-refractivity contribution in [2.24, 2.45) is 0 Å². The Morgan fingerprint density at radius 1 is 1.15 bits per heavy atom. The summed E-state index contributed by atoms with van der Waals surface area (Å²) < 4.78 is 12.3. The van der Waals surface area contributed by atoms with Crippen LogP contribution in [0.2, 0.25) is 5.02 Å². The third-order valence-corrected chi connectivity index (χ3v) is 4.58. The molecule has 1 aliphatic rings. The Hall–Kier alpha value is -2.26. The predicted octanol–water partition coefficient (Wildman–Crippen LogP) is 3.71. The molecule has 1 heterocycles. The van der Waals surface area contributed by atoms with Crippen molar-refractivity contribution in [3.63, 3.8) is 0 Å². The Kier molecular flexibility index (Phi) is 5.67. The first kappa shape index (κ1) is 18.5. The van der Waals surface area contributed by atoms with Gasteiger partial charge >= 0.3 is 6.03 Å². The second-order valence-electron chi connectivity index (χ2n) is 5.42. The van der Waals surface area contributed by atoms with E-state index in [0.29, 0.717) is 28.7 Å². The molecular formula is C18H14ClIN2O4. The maximum atomic E-state index is 11.6. The highest BCUT2D eigenvalue weighted by Gasteiger charge is 2.23. The van der Waals surface area contributed by atoms with E-state index in [1.165, 1.54) is 13.2 Å². The number of benzene rings is 2. The third kappa shape index (κ3) is 4.28. The van der Waals surface area contributed by atoms with E-state index in [4.69, 9.17) is 21.1 Å². The summed E-state index contributed by atoms with van der Waals surface area (Å²) in [5.41, 5.74) is 1.74. The zero-order valence-corrected chi connectivity index (χ0v) is 16.6.